The van der Waals surface area contributed by atoms with Crippen LogP contribution in [0, 0.1) is 5.82 Å². The maximum absolute atomic E-state index is 13.1. The molecule has 1 heterocycles. The molecule has 2 N–H and O–H groups in total. The number of anilines is 2. The lowest BCUT2D eigenvalue weighted by molar-refractivity contribution is 0.628. The van der Waals surface area contributed by atoms with E-state index in [2.05, 4.69) is 26.2 Å². The summed E-state index contributed by atoms with van der Waals surface area (Å²) in [6, 6.07) is 11.6. The lowest BCUT2D eigenvalue weighted by Gasteiger charge is -2.11. The second-order valence-electron chi connectivity index (χ2n) is 4.51. The lowest BCUT2D eigenvalue weighted by atomic mass is 10.3. The average molecular weight is 349 g/mol. The number of benzene rings is 2. The molecule has 9 heteroatoms. The van der Waals surface area contributed by atoms with Gasteiger partial charge in [-0.3, -0.25) is 0 Å². The molecular weight excluding hydrogens is 339 g/mol. The summed E-state index contributed by atoms with van der Waals surface area (Å²) in [6.45, 7) is 0. The summed E-state index contributed by atoms with van der Waals surface area (Å²) in [6.07, 6.45) is 1.51. The van der Waals surface area contributed by atoms with E-state index in [1.165, 1.54) is 18.5 Å². The summed E-state index contributed by atoms with van der Waals surface area (Å²) in [5.74, 6) is -0.478. The summed E-state index contributed by atoms with van der Waals surface area (Å²) in [5, 5.41) is 17.3. The van der Waals surface area contributed by atoms with Crippen LogP contribution in [0.3, 0.4) is 0 Å². The van der Waals surface area contributed by atoms with Gasteiger partial charge in [-0.1, -0.05) is 11.6 Å². The summed E-state index contributed by atoms with van der Waals surface area (Å²) >= 11 is 10.9. The fourth-order valence-electron chi connectivity index (χ4n) is 1.84. The molecule has 0 atom stereocenters. The molecule has 0 aliphatic rings. The average Bonchev–Trinajstić information content (AvgIpc) is 3.06. The van der Waals surface area contributed by atoms with E-state index >= 15 is 0 Å². The van der Waals surface area contributed by atoms with Gasteiger partial charge < -0.3 is 10.6 Å². The normalized spacial score (nSPS) is 10.3. The number of hydrogen-bond acceptors (Lipinski definition) is 4. The van der Waals surface area contributed by atoms with Gasteiger partial charge in [0.2, 0.25) is 0 Å². The van der Waals surface area contributed by atoms with Gasteiger partial charge in [-0.25, -0.2) is 9.07 Å². The van der Waals surface area contributed by atoms with E-state index in [9.17, 15) is 4.39 Å². The Hall–Kier alpha value is -2.58. The van der Waals surface area contributed by atoms with Crippen molar-refractivity contribution < 1.29 is 4.39 Å². The van der Waals surface area contributed by atoms with Gasteiger partial charge in [0, 0.05) is 11.4 Å². The van der Waals surface area contributed by atoms with Gasteiger partial charge in [0.15, 0.2) is 5.11 Å². The predicted molar refractivity (Wildman–Crippen MR) is 90.4 cm³/mol. The Morgan fingerprint density at radius 2 is 1.78 bits per heavy atom. The highest BCUT2D eigenvalue weighted by atomic mass is 35.5. The maximum atomic E-state index is 13.1. The van der Waals surface area contributed by atoms with Crippen LogP contribution in [-0.2, 0) is 0 Å². The van der Waals surface area contributed by atoms with Crippen LogP contribution in [0.25, 0.3) is 5.69 Å². The van der Waals surface area contributed by atoms with Gasteiger partial charge in [-0.05, 0) is 65.1 Å². The number of thiocarbonyl (C=S) groups is 1. The molecule has 0 aliphatic carbocycles. The molecule has 0 radical (unpaired) electrons. The largest absolute Gasteiger partial charge is 0.332 e. The van der Waals surface area contributed by atoms with Crippen molar-refractivity contribution in [1.29, 1.82) is 0 Å². The molecule has 0 unspecified atom stereocenters. The Kier molecular flexibility index (Phi) is 4.45. The summed E-state index contributed by atoms with van der Waals surface area (Å²) in [5.41, 5.74) is 2.21. The Morgan fingerprint density at radius 3 is 2.43 bits per heavy atom. The van der Waals surface area contributed by atoms with Crippen LogP contribution in [0.2, 0.25) is 5.02 Å². The monoisotopic (exact) mass is 348 g/mol. The topological polar surface area (TPSA) is 67.7 Å². The number of tetrazole rings is 1. The van der Waals surface area contributed by atoms with Crippen molar-refractivity contribution in [3.8, 4) is 5.69 Å². The highest BCUT2D eigenvalue weighted by molar-refractivity contribution is 7.80. The Labute approximate surface area is 141 Å². The molecule has 0 saturated heterocycles. The van der Waals surface area contributed by atoms with Crippen LogP contribution >= 0.6 is 23.8 Å². The molecule has 6 nitrogen and oxygen atoms in total. The third-order valence-electron chi connectivity index (χ3n) is 2.92. The lowest BCUT2D eigenvalue weighted by Crippen LogP contribution is -2.19. The molecule has 0 fully saturated rings. The fraction of sp³-hybridized carbons (Fsp3) is 0. The smallest absolute Gasteiger partial charge is 0.175 e. The molecule has 0 saturated carbocycles. The standard InChI is InChI=1S/C14H10ClFN6S/c15-12-7-10(3-6-13(12)16)19-14(23)18-9-1-4-11(5-2-9)22-8-17-20-21-22/h1-8H,(H2,18,19,23). The molecule has 1 aromatic heterocycles. The van der Waals surface area contributed by atoms with E-state index < -0.39 is 5.82 Å². The summed E-state index contributed by atoms with van der Waals surface area (Å²) in [7, 11) is 0. The van der Waals surface area contributed by atoms with Gasteiger partial charge >= 0.3 is 0 Å². The first-order chi connectivity index (χ1) is 11.1. The second-order valence-corrected chi connectivity index (χ2v) is 5.32. The van der Waals surface area contributed by atoms with Crippen molar-refractivity contribution in [3.05, 3.63) is 59.6 Å². The number of nitrogens with one attached hydrogen (secondary N) is 2. The van der Waals surface area contributed by atoms with E-state index in [-0.39, 0.29) is 5.02 Å². The van der Waals surface area contributed by atoms with Crippen molar-refractivity contribution >= 4 is 40.3 Å². The first-order valence-electron chi connectivity index (χ1n) is 6.48. The minimum atomic E-state index is -0.478. The molecule has 0 spiro atoms. The van der Waals surface area contributed by atoms with Crippen molar-refractivity contribution in [2.45, 2.75) is 0 Å². The summed E-state index contributed by atoms with van der Waals surface area (Å²) in [4.78, 5) is 0. The first kappa shape index (κ1) is 15.3. The second kappa shape index (κ2) is 6.67. The van der Waals surface area contributed by atoms with E-state index in [1.807, 2.05) is 24.3 Å². The Balaban J connectivity index is 1.64. The molecule has 0 aliphatic heterocycles. The van der Waals surface area contributed by atoms with Crippen LogP contribution in [0.5, 0.6) is 0 Å². The van der Waals surface area contributed by atoms with Gasteiger partial charge in [0.25, 0.3) is 0 Å². The van der Waals surface area contributed by atoms with E-state index in [0.29, 0.717) is 10.8 Å². The number of aromatic nitrogens is 4. The minimum Gasteiger partial charge on any atom is -0.332 e. The third kappa shape index (κ3) is 3.79. The van der Waals surface area contributed by atoms with Crippen molar-refractivity contribution in [2.75, 3.05) is 10.6 Å². The summed E-state index contributed by atoms with van der Waals surface area (Å²) < 4.78 is 14.7. The molecular formula is C14H10ClFN6S. The van der Waals surface area contributed by atoms with Crippen LogP contribution in [0.15, 0.2) is 48.8 Å². The quantitative estimate of drug-likeness (QED) is 0.708. The zero-order valence-electron chi connectivity index (χ0n) is 11.6. The molecule has 3 aromatic rings. The molecule has 2 aromatic carbocycles. The van der Waals surface area contributed by atoms with Gasteiger partial charge in [-0.15, -0.1) is 5.10 Å². The fourth-order valence-corrected chi connectivity index (χ4v) is 2.26. The van der Waals surface area contributed by atoms with Crippen molar-refractivity contribution in [1.82, 2.24) is 20.2 Å². The SMILES string of the molecule is Fc1ccc(NC(=S)Nc2ccc(-n3cnnn3)cc2)cc1Cl. The van der Waals surface area contributed by atoms with Gasteiger partial charge in [0.05, 0.1) is 10.7 Å². The van der Waals surface area contributed by atoms with Gasteiger partial charge in [0.1, 0.15) is 12.1 Å². The van der Waals surface area contributed by atoms with Gasteiger partial charge in [-0.2, -0.15) is 0 Å². The highest BCUT2D eigenvalue weighted by Crippen LogP contribution is 2.19. The third-order valence-corrected chi connectivity index (χ3v) is 3.41. The molecule has 3 rings (SSSR count). The van der Waals surface area contributed by atoms with E-state index in [0.717, 1.165) is 11.4 Å². The molecule has 0 bridgehead atoms. The van der Waals surface area contributed by atoms with Crippen LogP contribution in [0.4, 0.5) is 15.8 Å². The zero-order valence-corrected chi connectivity index (χ0v) is 13.1. The zero-order chi connectivity index (χ0) is 16.2. The predicted octanol–water partition coefficient (Wildman–Crippen LogP) is 3.26. The number of hydrogen-bond donors (Lipinski definition) is 2. The Morgan fingerprint density at radius 1 is 1.09 bits per heavy atom. The number of halogens is 2. The molecule has 0 amide bonds. The number of rotatable bonds is 3. The molecule has 23 heavy (non-hydrogen) atoms. The van der Waals surface area contributed by atoms with E-state index in [4.69, 9.17) is 23.8 Å². The Bertz CT molecular complexity index is 822. The first-order valence-corrected chi connectivity index (χ1v) is 7.27. The molecule has 116 valence electrons. The maximum Gasteiger partial charge on any atom is 0.175 e. The minimum absolute atomic E-state index is 0.0311. The van der Waals surface area contributed by atoms with Crippen LogP contribution < -0.4 is 10.6 Å². The van der Waals surface area contributed by atoms with Crippen molar-refractivity contribution in [3.63, 3.8) is 0 Å². The van der Waals surface area contributed by atoms with E-state index in [1.54, 1.807) is 10.7 Å². The van der Waals surface area contributed by atoms with Crippen LogP contribution in [-0.4, -0.2) is 25.3 Å². The van der Waals surface area contributed by atoms with Crippen molar-refractivity contribution in [2.24, 2.45) is 0 Å². The highest BCUT2D eigenvalue weighted by Gasteiger charge is 2.04. The number of nitrogens with zero attached hydrogens (tertiary/aromatic N) is 4. The van der Waals surface area contributed by atoms with Crippen LogP contribution in [0.1, 0.15) is 0 Å².